The molecule has 104 valence electrons. The van der Waals surface area contributed by atoms with Crippen molar-refractivity contribution in [3.05, 3.63) is 58.1 Å². The average Bonchev–Trinajstić information content (AvgIpc) is 2.37. The first kappa shape index (κ1) is 14.3. The number of halogens is 3. The molecular weight excluding hydrogens is 286 g/mol. The van der Waals surface area contributed by atoms with Crippen LogP contribution in [0, 0.1) is 18.6 Å². The first-order valence-corrected chi connectivity index (χ1v) is 6.08. The Balaban J connectivity index is 2.31. The number of nitrogen functional groups attached to an aromatic ring is 1. The van der Waals surface area contributed by atoms with E-state index < -0.39 is 23.1 Å². The summed E-state index contributed by atoms with van der Waals surface area (Å²) in [7, 11) is 0. The number of aryl methyl sites for hydroxylation is 1. The normalized spacial score (nSPS) is 10.4. The summed E-state index contributed by atoms with van der Waals surface area (Å²) in [6, 6.07) is 6.38. The summed E-state index contributed by atoms with van der Waals surface area (Å²) in [5.41, 5.74) is 6.91. The molecule has 0 heterocycles. The fraction of sp³-hybridized carbons (Fsp3) is 0.0714. The summed E-state index contributed by atoms with van der Waals surface area (Å²) >= 11 is 5.43. The Morgan fingerprint density at radius 1 is 1.20 bits per heavy atom. The van der Waals surface area contributed by atoms with Crippen molar-refractivity contribution in [1.29, 1.82) is 0 Å². The largest absolute Gasteiger partial charge is 0.399 e. The molecule has 1 amide bonds. The van der Waals surface area contributed by atoms with E-state index in [1.807, 2.05) is 0 Å². The monoisotopic (exact) mass is 296 g/mol. The van der Waals surface area contributed by atoms with Gasteiger partial charge in [0.1, 0.15) is 11.6 Å². The Bertz CT molecular complexity index is 689. The summed E-state index contributed by atoms with van der Waals surface area (Å²) in [6.07, 6.45) is 0. The minimum Gasteiger partial charge on any atom is -0.399 e. The zero-order valence-electron chi connectivity index (χ0n) is 10.5. The van der Waals surface area contributed by atoms with Crippen LogP contribution < -0.4 is 11.1 Å². The van der Waals surface area contributed by atoms with Crippen LogP contribution in [-0.4, -0.2) is 5.91 Å². The molecule has 0 aliphatic heterocycles. The fourth-order valence-electron chi connectivity index (χ4n) is 1.71. The summed E-state index contributed by atoms with van der Waals surface area (Å²) in [6.45, 7) is 1.74. The molecule has 0 aromatic heterocycles. The molecule has 6 heteroatoms. The van der Waals surface area contributed by atoms with Gasteiger partial charge in [-0.05, 0) is 42.8 Å². The van der Waals surface area contributed by atoms with Crippen LogP contribution in [0.1, 0.15) is 15.9 Å². The standard InChI is InChI=1S/C14H11ClF2N2O/c1-7-4-8(18)2-3-13(7)19-14(20)9-5-12(17)10(15)6-11(9)16/h2-6H,18H2,1H3,(H,19,20). The maximum absolute atomic E-state index is 13.6. The van der Waals surface area contributed by atoms with E-state index in [4.69, 9.17) is 17.3 Å². The van der Waals surface area contributed by atoms with E-state index in [0.717, 1.165) is 12.1 Å². The van der Waals surface area contributed by atoms with Crippen molar-refractivity contribution in [2.45, 2.75) is 6.92 Å². The molecule has 0 aliphatic rings. The molecule has 0 saturated carbocycles. The predicted molar refractivity (Wildman–Crippen MR) is 74.9 cm³/mol. The quantitative estimate of drug-likeness (QED) is 0.655. The van der Waals surface area contributed by atoms with Gasteiger partial charge in [-0.1, -0.05) is 11.6 Å². The zero-order valence-corrected chi connectivity index (χ0v) is 11.3. The van der Waals surface area contributed by atoms with Crippen molar-refractivity contribution in [3.8, 4) is 0 Å². The highest BCUT2D eigenvalue weighted by Gasteiger charge is 2.16. The molecule has 0 bridgehead atoms. The van der Waals surface area contributed by atoms with Gasteiger partial charge in [0.2, 0.25) is 0 Å². The van der Waals surface area contributed by atoms with Gasteiger partial charge in [0.25, 0.3) is 5.91 Å². The Morgan fingerprint density at radius 3 is 2.55 bits per heavy atom. The molecule has 2 rings (SSSR count). The third-order valence-corrected chi connectivity index (χ3v) is 3.04. The maximum Gasteiger partial charge on any atom is 0.258 e. The third-order valence-electron chi connectivity index (χ3n) is 2.75. The Kier molecular flexibility index (Phi) is 3.90. The number of benzene rings is 2. The lowest BCUT2D eigenvalue weighted by molar-refractivity contribution is 0.102. The van der Waals surface area contributed by atoms with Crippen LogP contribution in [0.5, 0.6) is 0 Å². The summed E-state index contributed by atoms with van der Waals surface area (Å²) in [5, 5.41) is 2.12. The predicted octanol–water partition coefficient (Wildman–Crippen LogP) is 3.76. The Hall–Kier alpha value is -2.14. The van der Waals surface area contributed by atoms with E-state index in [0.29, 0.717) is 16.9 Å². The zero-order chi connectivity index (χ0) is 14.9. The molecule has 2 aromatic rings. The molecule has 3 N–H and O–H groups in total. The van der Waals surface area contributed by atoms with Gasteiger partial charge in [-0.15, -0.1) is 0 Å². The Labute approximate surface area is 119 Å². The molecule has 0 unspecified atom stereocenters. The summed E-state index contributed by atoms with van der Waals surface area (Å²) < 4.78 is 26.9. The van der Waals surface area contributed by atoms with Gasteiger partial charge < -0.3 is 11.1 Å². The van der Waals surface area contributed by atoms with Crippen molar-refractivity contribution in [1.82, 2.24) is 0 Å². The molecule has 2 aromatic carbocycles. The van der Waals surface area contributed by atoms with E-state index in [2.05, 4.69) is 5.32 Å². The van der Waals surface area contributed by atoms with Crippen LogP contribution in [0.4, 0.5) is 20.2 Å². The SMILES string of the molecule is Cc1cc(N)ccc1NC(=O)c1cc(F)c(Cl)cc1F. The van der Waals surface area contributed by atoms with Crippen LogP contribution >= 0.6 is 11.6 Å². The van der Waals surface area contributed by atoms with E-state index in [1.54, 1.807) is 25.1 Å². The molecule has 0 radical (unpaired) electrons. The molecule has 20 heavy (non-hydrogen) atoms. The summed E-state index contributed by atoms with van der Waals surface area (Å²) in [5.74, 6) is -2.50. The lowest BCUT2D eigenvalue weighted by atomic mass is 10.1. The number of rotatable bonds is 2. The van der Waals surface area contributed by atoms with Crippen LogP contribution in [0.3, 0.4) is 0 Å². The number of carbonyl (C=O) groups is 1. The number of hydrogen-bond acceptors (Lipinski definition) is 2. The third kappa shape index (κ3) is 2.88. The number of hydrogen-bond donors (Lipinski definition) is 2. The second-order valence-corrected chi connectivity index (χ2v) is 4.68. The van der Waals surface area contributed by atoms with Gasteiger partial charge in [-0.3, -0.25) is 4.79 Å². The molecule has 0 atom stereocenters. The maximum atomic E-state index is 13.6. The van der Waals surface area contributed by atoms with Crippen LogP contribution in [0.15, 0.2) is 30.3 Å². The molecule has 3 nitrogen and oxygen atoms in total. The van der Waals surface area contributed by atoms with Crippen molar-refractivity contribution in [2.24, 2.45) is 0 Å². The van der Waals surface area contributed by atoms with Gasteiger partial charge in [-0.25, -0.2) is 8.78 Å². The highest BCUT2D eigenvalue weighted by atomic mass is 35.5. The highest BCUT2D eigenvalue weighted by molar-refractivity contribution is 6.30. The van der Waals surface area contributed by atoms with Gasteiger partial charge >= 0.3 is 0 Å². The van der Waals surface area contributed by atoms with Crippen LogP contribution in [0.25, 0.3) is 0 Å². The first-order valence-electron chi connectivity index (χ1n) is 5.70. The van der Waals surface area contributed by atoms with E-state index in [9.17, 15) is 13.6 Å². The van der Waals surface area contributed by atoms with Gasteiger partial charge in [0.15, 0.2) is 0 Å². The number of anilines is 2. The fourth-order valence-corrected chi connectivity index (χ4v) is 1.86. The van der Waals surface area contributed by atoms with Crippen molar-refractivity contribution >= 4 is 28.9 Å². The van der Waals surface area contributed by atoms with Crippen LogP contribution in [-0.2, 0) is 0 Å². The molecule has 0 saturated heterocycles. The smallest absolute Gasteiger partial charge is 0.258 e. The second kappa shape index (κ2) is 5.46. The lowest BCUT2D eigenvalue weighted by Crippen LogP contribution is -2.15. The molecular formula is C14H11ClF2N2O. The number of carbonyl (C=O) groups excluding carboxylic acids is 1. The minimum atomic E-state index is -0.887. The average molecular weight is 297 g/mol. The van der Waals surface area contributed by atoms with Gasteiger partial charge in [0, 0.05) is 11.4 Å². The molecule has 0 fully saturated rings. The number of nitrogens with two attached hydrogens (primary N) is 1. The second-order valence-electron chi connectivity index (χ2n) is 4.27. The first-order chi connectivity index (χ1) is 9.38. The Morgan fingerprint density at radius 2 is 1.90 bits per heavy atom. The van der Waals surface area contributed by atoms with Gasteiger partial charge in [-0.2, -0.15) is 0 Å². The lowest BCUT2D eigenvalue weighted by Gasteiger charge is -2.10. The van der Waals surface area contributed by atoms with Crippen molar-refractivity contribution < 1.29 is 13.6 Å². The minimum absolute atomic E-state index is 0.372. The van der Waals surface area contributed by atoms with E-state index >= 15 is 0 Å². The number of amides is 1. The van der Waals surface area contributed by atoms with Gasteiger partial charge in [0.05, 0.1) is 10.6 Å². The summed E-state index contributed by atoms with van der Waals surface area (Å²) in [4.78, 5) is 11.9. The highest BCUT2D eigenvalue weighted by Crippen LogP contribution is 2.22. The van der Waals surface area contributed by atoms with Crippen molar-refractivity contribution in [3.63, 3.8) is 0 Å². The van der Waals surface area contributed by atoms with E-state index in [1.165, 1.54) is 0 Å². The molecule has 0 spiro atoms. The topological polar surface area (TPSA) is 55.1 Å². The van der Waals surface area contributed by atoms with E-state index in [-0.39, 0.29) is 5.02 Å². The number of nitrogens with one attached hydrogen (secondary N) is 1. The van der Waals surface area contributed by atoms with Crippen LogP contribution in [0.2, 0.25) is 5.02 Å². The molecule has 0 aliphatic carbocycles. The van der Waals surface area contributed by atoms with Crippen molar-refractivity contribution in [2.75, 3.05) is 11.1 Å².